The number of piperidine rings is 1. The third-order valence-corrected chi connectivity index (χ3v) is 7.80. The molecular formula is C31H33N3O5. The number of carboxylic acid groups (broad SMARTS) is 1. The first-order chi connectivity index (χ1) is 18.9. The number of carboxylic acids is 1. The number of hydrogen-bond acceptors (Lipinski definition) is 5. The van der Waals surface area contributed by atoms with Gasteiger partial charge < -0.3 is 20.5 Å². The summed E-state index contributed by atoms with van der Waals surface area (Å²) >= 11 is 0. The highest BCUT2D eigenvalue weighted by Gasteiger charge is 2.43. The van der Waals surface area contributed by atoms with Crippen molar-refractivity contribution in [1.82, 2.24) is 15.5 Å². The van der Waals surface area contributed by atoms with Gasteiger partial charge in [-0.25, -0.2) is 9.59 Å². The highest BCUT2D eigenvalue weighted by atomic mass is 16.5. The lowest BCUT2D eigenvalue weighted by Crippen LogP contribution is -2.62. The molecule has 1 aliphatic heterocycles. The number of amides is 2. The number of benzene rings is 3. The summed E-state index contributed by atoms with van der Waals surface area (Å²) < 4.78 is 5.54. The SMILES string of the molecule is C[C@H](NC(=O)OCC1c2ccccc2-c2ccccc21)C(=O)NC1(C(=O)O)CCN(Cc2ccccc2)CC1. The van der Waals surface area contributed by atoms with Gasteiger partial charge in [-0.15, -0.1) is 0 Å². The molecule has 1 aliphatic carbocycles. The summed E-state index contributed by atoms with van der Waals surface area (Å²) in [6, 6.07) is 25.1. The number of likely N-dealkylation sites (tertiary alicyclic amines) is 1. The van der Waals surface area contributed by atoms with Gasteiger partial charge in [0, 0.05) is 25.6 Å². The van der Waals surface area contributed by atoms with Crippen molar-refractivity contribution in [3.05, 3.63) is 95.6 Å². The highest BCUT2D eigenvalue weighted by molar-refractivity contribution is 5.91. The zero-order valence-electron chi connectivity index (χ0n) is 21.9. The van der Waals surface area contributed by atoms with Gasteiger partial charge in [-0.1, -0.05) is 78.9 Å². The van der Waals surface area contributed by atoms with Crippen LogP contribution in [0.1, 0.15) is 42.4 Å². The molecule has 8 nitrogen and oxygen atoms in total. The van der Waals surface area contributed by atoms with Gasteiger partial charge in [0.25, 0.3) is 0 Å². The molecule has 1 atom stereocenters. The fraction of sp³-hybridized carbons (Fsp3) is 0.323. The molecule has 0 spiro atoms. The van der Waals surface area contributed by atoms with Crippen molar-refractivity contribution in [3.8, 4) is 11.1 Å². The van der Waals surface area contributed by atoms with Crippen LogP contribution < -0.4 is 10.6 Å². The maximum Gasteiger partial charge on any atom is 0.407 e. The van der Waals surface area contributed by atoms with E-state index in [1.807, 2.05) is 66.7 Å². The second kappa shape index (κ2) is 11.3. The number of carbonyl (C=O) groups excluding carboxylic acids is 2. The average molecular weight is 528 g/mol. The zero-order valence-corrected chi connectivity index (χ0v) is 21.9. The molecule has 1 fully saturated rings. The van der Waals surface area contributed by atoms with Crippen LogP contribution in [-0.2, 0) is 20.9 Å². The number of carbonyl (C=O) groups is 3. The van der Waals surface area contributed by atoms with E-state index in [2.05, 4.69) is 27.7 Å². The Morgan fingerprint density at radius 2 is 1.49 bits per heavy atom. The molecule has 3 N–H and O–H groups in total. The summed E-state index contributed by atoms with van der Waals surface area (Å²) in [7, 11) is 0. The highest BCUT2D eigenvalue weighted by Crippen LogP contribution is 2.44. The Kier molecular flexibility index (Phi) is 7.65. The molecule has 0 aromatic heterocycles. The summed E-state index contributed by atoms with van der Waals surface area (Å²) in [5.41, 5.74) is 4.23. The van der Waals surface area contributed by atoms with Crippen LogP contribution in [0.4, 0.5) is 4.79 Å². The second-order valence-electron chi connectivity index (χ2n) is 10.3. The van der Waals surface area contributed by atoms with Crippen LogP contribution in [0.25, 0.3) is 11.1 Å². The minimum atomic E-state index is -1.37. The van der Waals surface area contributed by atoms with E-state index in [1.54, 1.807) is 0 Å². The lowest BCUT2D eigenvalue weighted by atomic mass is 9.87. The standard InChI is InChI=1S/C31H33N3O5/c1-21(28(35)33-31(29(36)37)15-17-34(18-16-31)19-22-9-3-2-4-10-22)32-30(38)39-20-27-25-13-7-5-11-23(25)24-12-6-8-14-26(24)27/h2-14,21,27H,15-20H2,1H3,(H,32,38)(H,33,35)(H,36,37)/t21-/m0/s1. The smallest absolute Gasteiger partial charge is 0.407 e. The number of alkyl carbamates (subject to hydrolysis) is 1. The Labute approximate surface area is 228 Å². The van der Waals surface area contributed by atoms with Crippen molar-refractivity contribution < 1.29 is 24.2 Å². The molecule has 1 saturated heterocycles. The van der Waals surface area contributed by atoms with Crippen LogP contribution in [0, 0.1) is 0 Å². The maximum atomic E-state index is 13.0. The van der Waals surface area contributed by atoms with E-state index in [0.717, 1.165) is 34.4 Å². The minimum Gasteiger partial charge on any atom is -0.480 e. The lowest BCUT2D eigenvalue weighted by molar-refractivity contribution is -0.150. The van der Waals surface area contributed by atoms with Gasteiger partial charge in [0.05, 0.1) is 0 Å². The molecular weight excluding hydrogens is 494 g/mol. The largest absolute Gasteiger partial charge is 0.480 e. The van der Waals surface area contributed by atoms with Crippen LogP contribution in [-0.4, -0.2) is 59.3 Å². The first kappa shape index (κ1) is 26.4. The lowest BCUT2D eigenvalue weighted by Gasteiger charge is -2.39. The first-order valence-electron chi connectivity index (χ1n) is 13.3. The molecule has 0 saturated carbocycles. The van der Waals surface area contributed by atoms with Crippen LogP contribution in [0.3, 0.4) is 0 Å². The van der Waals surface area contributed by atoms with Crippen LogP contribution in [0.15, 0.2) is 78.9 Å². The van der Waals surface area contributed by atoms with Gasteiger partial charge in [0.2, 0.25) is 5.91 Å². The number of nitrogens with zero attached hydrogens (tertiary/aromatic N) is 1. The van der Waals surface area contributed by atoms with Crippen molar-refractivity contribution in [3.63, 3.8) is 0 Å². The molecule has 0 unspecified atom stereocenters. The number of rotatable bonds is 8. The van der Waals surface area contributed by atoms with Crippen LogP contribution in [0.5, 0.6) is 0 Å². The number of ether oxygens (including phenoxy) is 1. The first-order valence-corrected chi connectivity index (χ1v) is 13.3. The molecule has 0 bridgehead atoms. The van der Waals surface area contributed by atoms with Gasteiger partial charge in [0.15, 0.2) is 0 Å². The number of hydrogen-bond donors (Lipinski definition) is 3. The van der Waals surface area contributed by atoms with Gasteiger partial charge >= 0.3 is 12.1 Å². The van der Waals surface area contributed by atoms with E-state index >= 15 is 0 Å². The third-order valence-electron chi connectivity index (χ3n) is 7.80. The fourth-order valence-electron chi connectivity index (χ4n) is 5.55. The Bertz CT molecular complexity index is 1310. The van der Waals surface area contributed by atoms with Crippen molar-refractivity contribution >= 4 is 18.0 Å². The monoisotopic (exact) mass is 527 g/mol. The van der Waals surface area contributed by atoms with E-state index in [9.17, 15) is 19.5 Å². The summed E-state index contributed by atoms with van der Waals surface area (Å²) in [6.07, 6.45) is -0.168. The van der Waals surface area contributed by atoms with Crippen molar-refractivity contribution in [2.24, 2.45) is 0 Å². The minimum absolute atomic E-state index is 0.0939. The topological polar surface area (TPSA) is 108 Å². The van der Waals surface area contributed by atoms with E-state index < -0.39 is 29.6 Å². The number of nitrogens with one attached hydrogen (secondary N) is 2. The molecule has 3 aromatic rings. The second-order valence-corrected chi connectivity index (χ2v) is 10.3. The Balaban J connectivity index is 1.14. The molecule has 202 valence electrons. The zero-order chi connectivity index (χ0) is 27.4. The Morgan fingerprint density at radius 3 is 2.08 bits per heavy atom. The van der Waals surface area contributed by atoms with Gasteiger partial charge in [0.1, 0.15) is 18.2 Å². The van der Waals surface area contributed by atoms with Gasteiger partial charge in [-0.05, 0) is 47.6 Å². The summed E-state index contributed by atoms with van der Waals surface area (Å²) in [6.45, 7) is 3.46. The van der Waals surface area contributed by atoms with Gasteiger partial charge in [-0.2, -0.15) is 0 Å². The van der Waals surface area contributed by atoms with E-state index in [4.69, 9.17) is 4.74 Å². The van der Waals surface area contributed by atoms with Crippen molar-refractivity contribution in [2.75, 3.05) is 19.7 Å². The molecule has 8 heteroatoms. The molecule has 0 radical (unpaired) electrons. The third kappa shape index (κ3) is 5.66. The van der Waals surface area contributed by atoms with Crippen molar-refractivity contribution in [2.45, 2.75) is 43.8 Å². The maximum absolute atomic E-state index is 13.0. The van der Waals surface area contributed by atoms with Crippen LogP contribution in [0.2, 0.25) is 0 Å². The van der Waals surface area contributed by atoms with Crippen molar-refractivity contribution in [1.29, 1.82) is 0 Å². The molecule has 2 aliphatic rings. The van der Waals surface area contributed by atoms with Crippen LogP contribution >= 0.6 is 0 Å². The number of aliphatic carboxylic acids is 1. The average Bonchev–Trinajstić information content (AvgIpc) is 3.27. The van der Waals surface area contributed by atoms with E-state index in [0.29, 0.717) is 13.1 Å². The molecule has 39 heavy (non-hydrogen) atoms. The van der Waals surface area contributed by atoms with E-state index in [-0.39, 0.29) is 25.4 Å². The normalized spacial score (nSPS) is 16.9. The molecule has 5 rings (SSSR count). The fourth-order valence-corrected chi connectivity index (χ4v) is 5.55. The summed E-state index contributed by atoms with van der Waals surface area (Å²) in [4.78, 5) is 40.0. The molecule has 3 aromatic carbocycles. The number of fused-ring (bicyclic) bond motifs is 3. The van der Waals surface area contributed by atoms with Gasteiger partial charge in [-0.3, -0.25) is 9.69 Å². The predicted molar refractivity (Wildman–Crippen MR) is 147 cm³/mol. The quantitative estimate of drug-likeness (QED) is 0.406. The Morgan fingerprint density at radius 1 is 0.923 bits per heavy atom. The molecule has 2 amide bonds. The summed E-state index contributed by atoms with van der Waals surface area (Å²) in [5, 5.41) is 15.3. The summed E-state index contributed by atoms with van der Waals surface area (Å²) in [5.74, 6) is -1.71. The van der Waals surface area contributed by atoms with E-state index in [1.165, 1.54) is 6.92 Å². The predicted octanol–water partition coefficient (Wildman–Crippen LogP) is 4.15. The molecule has 1 heterocycles. The Hall–Kier alpha value is -4.17.